The highest BCUT2D eigenvalue weighted by Crippen LogP contribution is 2.30. The molecule has 2 heterocycles. The minimum absolute atomic E-state index is 0.0205. The fourth-order valence-electron chi connectivity index (χ4n) is 4.05. The van der Waals surface area contributed by atoms with Gasteiger partial charge in [0.25, 0.3) is 5.69 Å². The topological polar surface area (TPSA) is 86.9 Å². The monoisotopic (exact) mass is 415 g/mol. The van der Waals surface area contributed by atoms with Crippen LogP contribution >= 0.6 is 12.2 Å². The number of aliphatic hydroxyl groups is 1. The van der Waals surface area contributed by atoms with Crippen molar-refractivity contribution < 1.29 is 19.7 Å². The van der Waals surface area contributed by atoms with Crippen LogP contribution < -0.4 is 9.64 Å². The summed E-state index contributed by atoms with van der Waals surface area (Å²) in [5.41, 5.74) is 2.28. The van der Waals surface area contributed by atoms with E-state index in [9.17, 15) is 15.2 Å². The molecular weight excluding hydrogens is 392 g/mol. The second kappa shape index (κ2) is 7.94. The molecule has 2 atom stereocenters. The zero-order valence-corrected chi connectivity index (χ0v) is 16.9. The minimum atomic E-state index is -0.398. The second-order valence-corrected chi connectivity index (χ2v) is 7.67. The van der Waals surface area contributed by atoms with Crippen LogP contribution in [0.5, 0.6) is 5.75 Å². The molecule has 1 unspecified atom stereocenters. The van der Waals surface area contributed by atoms with Crippen molar-refractivity contribution in [1.82, 2.24) is 9.13 Å². The van der Waals surface area contributed by atoms with Gasteiger partial charge in [-0.05, 0) is 43.3 Å². The quantitative estimate of drug-likeness (QED) is 0.379. The molecule has 0 spiro atoms. The number of imidazole rings is 1. The van der Waals surface area contributed by atoms with E-state index in [2.05, 4.69) is 0 Å². The van der Waals surface area contributed by atoms with Gasteiger partial charge < -0.3 is 14.7 Å². The third-order valence-corrected chi connectivity index (χ3v) is 5.83. The Morgan fingerprint density at radius 3 is 2.83 bits per heavy atom. The molecule has 1 fully saturated rings. The molecule has 1 aliphatic heterocycles. The van der Waals surface area contributed by atoms with Gasteiger partial charge in [0.15, 0.2) is 11.4 Å². The first-order valence-corrected chi connectivity index (χ1v) is 9.95. The third kappa shape index (κ3) is 3.64. The van der Waals surface area contributed by atoms with Crippen molar-refractivity contribution >= 4 is 28.9 Å². The number of aromatic nitrogens is 2. The number of hydrogen-bond donors (Lipinski definition) is 2. The molecule has 9 heteroatoms. The van der Waals surface area contributed by atoms with E-state index in [1.807, 2.05) is 33.4 Å². The van der Waals surface area contributed by atoms with Crippen LogP contribution in [0.4, 0.5) is 5.69 Å². The molecule has 8 nitrogen and oxygen atoms in total. The van der Waals surface area contributed by atoms with Crippen LogP contribution in [-0.2, 0) is 6.67 Å². The number of likely N-dealkylation sites (tertiary alicyclic amines) is 1. The molecular formula is C20H23N4O4S+. The number of rotatable bonds is 5. The summed E-state index contributed by atoms with van der Waals surface area (Å²) in [7, 11) is 1.60. The average Bonchev–Trinajstić information content (AvgIpc) is 2.98. The predicted octanol–water partition coefficient (Wildman–Crippen LogP) is 2.08. The van der Waals surface area contributed by atoms with E-state index < -0.39 is 4.92 Å². The minimum Gasteiger partial charge on any atom is -0.495 e. The number of hydrogen-bond acceptors (Lipinski definition) is 5. The van der Waals surface area contributed by atoms with Gasteiger partial charge in [-0.25, -0.2) is 0 Å². The molecule has 0 bridgehead atoms. The number of para-hydroxylation sites is 2. The number of quaternary nitrogens is 1. The Balaban J connectivity index is 1.91. The number of nitrogens with zero attached hydrogens (tertiary/aromatic N) is 3. The number of fused-ring (bicyclic) bond motifs is 1. The maximum atomic E-state index is 11.4. The number of nitro groups is 1. The summed E-state index contributed by atoms with van der Waals surface area (Å²) < 4.78 is 9.88. The van der Waals surface area contributed by atoms with Crippen molar-refractivity contribution in [2.24, 2.45) is 0 Å². The van der Waals surface area contributed by atoms with Crippen molar-refractivity contribution in [1.29, 1.82) is 0 Å². The fourth-order valence-corrected chi connectivity index (χ4v) is 4.41. The number of nitrogens with one attached hydrogen (secondary N) is 1. The Hall–Kier alpha value is -2.75. The first-order valence-electron chi connectivity index (χ1n) is 9.54. The van der Waals surface area contributed by atoms with E-state index in [4.69, 9.17) is 17.0 Å². The highest BCUT2D eigenvalue weighted by Gasteiger charge is 2.24. The predicted molar refractivity (Wildman–Crippen MR) is 111 cm³/mol. The normalized spacial score (nSPS) is 19.4. The largest absolute Gasteiger partial charge is 0.495 e. The summed E-state index contributed by atoms with van der Waals surface area (Å²) in [6.07, 6.45) is 1.42. The van der Waals surface area contributed by atoms with Gasteiger partial charge >= 0.3 is 0 Å². The van der Waals surface area contributed by atoms with Crippen LogP contribution in [0.2, 0.25) is 0 Å². The number of nitro benzene ring substituents is 1. The maximum absolute atomic E-state index is 11.4. The van der Waals surface area contributed by atoms with Crippen molar-refractivity contribution in [3.05, 3.63) is 57.3 Å². The van der Waals surface area contributed by atoms with Gasteiger partial charge in [-0.1, -0.05) is 12.1 Å². The summed E-state index contributed by atoms with van der Waals surface area (Å²) in [6, 6.07) is 12.3. The summed E-state index contributed by atoms with van der Waals surface area (Å²) in [4.78, 5) is 12.2. The van der Waals surface area contributed by atoms with Gasteiger partial charge in [0.05, 0.1) is 35.3 Å². The highest BCUT2D eigenvalue weighted by molar-refractivity contribution is 7.71. The van der Waals surface area contributed by atoms with Gasteiger partial charge in [0, 0.05) is 12.1 Å². The van der Waals surface area contributed by atoms with Gasteiger partial charge in [-0.2, -0.15) is 0 Å². The number of methoxy groups -OCH3 is 1. The van der Waals surface area contributed by atoms with Crippen LogP contribution in [0.25, 0.3) is 16.7 Å². The molecule has 29 heavy (non-hydrogen) atoms. The Labute approximate surface area is 172 Å². The van der Waals surface area contributed by atoms with Gasteiger partial charge in [0.1, 0.15) is 18.4 Å². The van der Waals surface area contributed by atoms with E-state index in [0.29, 0.717) is 29.3 Å². The van der Waals surface area contributed by atoms with E-state index in [-0.39, 0.29) is 11.8 Å². The average molecular weight is 415 g/mol. The van der Waals surface area contributed by atoms with Gasteiger partial charge in [0.2, 0.25) is 0 Å². The molecule has 152 valence electrons. The summed E-state index contributed by atoms with van der Waals surface area (Å²) in [6.45, 7) is 2.10. The first-order chi connectivity index (χ1) is 14.0. The molecule has 0 saturated carbocycles. The summed E-state index contributed by atoms with van der Waals surface area (Å²) in [5.74, 6) is 0.668. The first kappa shape index (κ1) is 19.6. The Morgan fingerprint density at radius 2 is 2.10 bits per heavy atom. The maximum Gasteiger partial charge on any atom is 0.271 e. The highest BCUT2D eigenvalue weighted by atomic mass is 32.1. The smallest absolute Gasteiger partial charge is 0.271 e. The summed E-state index contributed by atoms with van der Waals surface area (Å²) >= 11 is 5.81. The number of aliphatic hydroxyl groups excluding tert-OH is 1. The second-order valence-electron chi connectivity index (χ2n) is 7.31. The number of piperidine rings is 1. The van der Waals surface area contributed by atoms with E-state index in [0.717, 1.165) is 30.6 Å². The van der Waals surface area contributed by atoms with Crippen molar-refractivity contribution in [2.75, 3.05) is 20.2 Å². The molecule has 2 N–H and O–H groups in total. The molecule has 1 saturated heterocycles. The third-order valence-electron chi connectivity index (χ3n) is 5.42. The molecule has 1 aliphatic rings. The van der Waals surface area contributed by atoms with Crippen LogP contribution in [0.3, 0.4) is 0 Å². The van der Waals surface area contributed by atoms with Crippen LogP contribution in [0.15, 0.2) is 42.5 Å². The molecule has 0 aliphatic carbocycles. The fraction of sp³-hybridized carbons (Fsp3) is 0.350. The Kier molecular flexibility index (Phi) is 5.35. The number of non-ortho nitro benzene ring substituents is 1. The Bertz CT molecular complexity index is 1120. The lowest BCUT2D eigenvalue weighted by atomic mass is 10.1. The lowest BCUT2D eigenvalue weighted by molar-refractivity contribution is -0.930. The van der Waals surface area contributed by atoms with Crippen molar-refractivity contribution in [3.8, 4) is 11.4 Å². The SMILES string of the molecule is COc1ccccc1-n1c(=S)n(C[NH+]2CCC[C@H](O)C2)c2cc([N+](=O)[O-])ccc21. The zero-order chi connectivity index (χ0) is 20.5. The standard InChI is InChI=1S/C20H22N4O4S/c1-28-19-7-3-2-6-17(19)23-16-9-8-14(24(26)27)11-18(16)22(20(23)29)13-21-10-4-5-15(25)12-21/h2-3,6-9,11,15,25H,4-5,10,12-13H2,1H3/p+1/t15-/m0/s1. The molecule has 2 aromatic carbocycles. The van der Waals surface area contributed by atoms with E-state index >= 15 is 0 Å². The van der Waals surface area contributed by atoms with E-state index in [1.54, 1.807) is 19.2 Å². The molecule has 0 amide bonds. The van der Waals surface area contributed by atoms with Gasteiger partial charge in [-0.3, -0.25) is 19.2 Å². The number of ether oxygens (including phenoxy) is 1. The van der Waals surface area contributed by atoms with E-state index in [1.165, 1.54) is 11.0 Å². The van der Waals surface area contributed by atoms with Gasteiger partial charge in [-0.15, -0.1) is 0 Å². The summed E-state index contributed by atoms with van der Waals surface area (Å²) in [5, 5.41) is 21.4. The van der Waals surface area contributed by atoms with Crippen molar-refractivity contribution in [2.45, 2.75) is 25.6 Å². The number of benzene rings is 2. The molecule has 1 aromatic heterocycles. The lowest BCUT2D eigenvalue weighted by Crippen LogP contribution is -3.13. The molecule has 4 rings (SSSR count). The Morgan fingerprint density at radius 1 is 1.31 bits per heavy atom. The van der Waals surface area contributed by atoms with Crippen LogP contribution in [0.1, 0.15) is 12.8 Å². The zero-order valence-electron chi connectivity index (χ0n) is 16.1. The van der Waals surface area contributed by atoms with Crippen molar-refractivity contribution in [3.63, 3.8) is 0 Å². The van der Waals surface area contributed by atoms with Crippen LogP contribution in [-0.4, -0.2) is 45.5 Å². The lowest BCUT2D eigenvalue weighted by Gasteiger charge is -2.27. The molecule has 0 radical (unpaired) electrons. The molecule has 3 aromatic rings. The van der Waals surface area contributed by atoms with Crippen LogP contribution in [0, 0.1) is 14.9 Å².